The summed E-state index contributed by atoms with van der Waals surface area (Å²) in [6.07, 6.45) is 11.6. The zero-order valence-corrected chi connectivity index (χ0v) is 27.4. The highest BCUT2D eigenvalue weighted by molar-refractivity contribution is 6.24. The number of rotatable bonds is 2. The van der Waals surface area contributed by atoms with Gasteiger partial charge in [0.25, 0.3) is 0 Å². The van der Waals surface area contributed by atoms with E-state index in [0.717, 1.165) is 68.2 Å². The Labute approximate surface area is 289 Å². The number of fused-ring (bicyclic) bond motifs is 11. The fourth-order valence-corrected chi connectivity index (χ4v) is 8.69. The summed E-state index contributed by atoms with van der Waals surface area (Å²) in [7, 11) is 0. The third kappa shape index (κ3) is 3.86. The van der Waals surface area contributed by atoms with E-state index in [1.54, 1.807) is 0 Å². The van der Waals surface area contributed by atoms with E-state index in [1.165, 1.54) is 49.9 Å². The van der Waals surface area contributed by atoms with Crippen LogP contribution in [0.3, 0.4) is 0 Å². The quantitative estimate of drug-likeness (QED) is 0.188. The zero-order chi connectivity index (χ0) is 32.9. The van der Waals surface area contributed by atoms with Crippen LogP contribution < -0.4 is 4.74 Å². The topological polar surface area (TPSA) is 27.3 Å². The largest absolute Gasteiger partial charge is 0.458 e. The monoisotopic (exact) mass is 641 g/mol. The van der Waals surface area contributed by atoms with Gasteiger partial charge in [-0.25, -0.2) is 0 Å². The third-order valence-electron chi connectivity index (χ3n) is 10.9. The van der Waals surface area contributed by atoms with E-state index in [4.69, 9.17) is 9.15 Å². The number of aromatic nitrogens is 1. The first-order valence-corrected chi connectivity index (χ1v) is 17.4. The fraction of sp³-hybridized carbons (Fsp3) is 0.0638. The maximum atomic E-state index is 6.55. The molecule has 0 N–H and O–H groups in total. The van der Waals surface area contributed by atoms with Gasteiger partial charge in [0.2, 0.25) is 0 Å². The lowest BCUT2D eigenvalue weighted by Crippen LogP contribution is -2.02. The summed E-state index contributed by atoms with van der Waals surface area (Å²) < 4.78 is 15.3. The van der Waals surface area contributed by atoms with E-state index in [1.807, 2.05) is 18.2 Å². The van der Waals surface area contributed by atoms with E-state index in [-0.39, 0.29) is 0 Å². The standard InChI is InChI=1S/C47H31NO2/c1-28-17-20-31(48-41-15-6-4-12-40(41)46-42(48)25-24-39-35-11-5-7-16-44(35)50-47(39)46)21-18-30-27-29(19-26-43(30)49-28)32-22-23-38-34-10-3-2-9-33(34)37-14-8-13-36(32)45(37)38/h2-7,9-12,14-17,19-27H,1,8,13,18H2/b20-17-,31-21+. The number of ether oxygens (including phenoxy) is 1. The van der Waals surface area contributed by atoms with Gasteiger partial charge in [0, 0.05) is 21.9 Å². The van der Waals surface area contributed by atoms with Gasteiger partial charge in [-0.1, -0.05) is 97.6 Å². The minimum atomic E-state index is 0.604. The van der Waals surface area contributed by atoms with Gasteiger partial charge in [-0.3, -0.25) is 0 Å². The van der Waals surface area contributed by atoms with Crippen molar-refractivity contribution < 1.29 is 9.15 Å². The summed E-state index contributed by atoms with van der Waals surface area (Å²) in [5.41, 5.74) is 17.1. The minimum absolute atomic E-state index is 0.604. The third-order valence-corrected chi connectivity index (χ3v) is 10.9. The van der Waals surface area contributed by atoms with Crippen molar-refractivity contribution in [3.63, 3.8) is 0 Å². The van der Waals surface area contributed by atoms with E-state index in [2.05, 4.69) is 133 Å². The normalized spacial score (nSPS) is 16.6. The second-order valence-electron chi connectivity index (χ2n) is 13.6. The van der Waals surface area contributed by atoms with E-state index < -0.39 is 0 Å². The first-order chi connectivity index (χ1) is 24.7. The number of hydrogen-bond donors (Lipinski definition) is 0. The van der Waals surface area contributed by atoms with Crippen molar-refractivity contribution in [3.8, 4) is 28.0 Å². The van der Waals surface area contributed by atoms with Crippen molar-refractivity contribution in [1.82, 2.24) is 4.57 Å². The predicted octanol–water partition coefficient (Wildman–Crippen LogP) is 12.3. The molecular formula is C47H31NO2. The molecule has 236 valence electrons. The van der Waals surface area contributed by atoms with Gasteiger partial charge in [-0.15, -0.1) is 0 Å². The lowest BCUT2D eigenvalue weighted by molar-refractivity contribution is 0.443. The molecule has 1 aliphatic heterocycles. The summed E-state index contributed by atoms with van der Waals surface area (Å²) in [4.78, 5) is 0. The van der Waals surface area contributed by atoms with Crippen molar-refractivity contribution in [1.29, 1.82) is 0 Å². The summed E-state index contributed by atoms with van der Waals surface area (Å²) in [5, 5.41) is 4.57. The smallest absolute Gasteiger partial charge is 0.145 e. The molecule has 0 bridgehead atoms. The van der Waals surface area contributed by atoms with Gasteiger partial charge in [0.05, 0.1) is 16.4 Å². The Morgan fingerprint density at radius 3 is 2.40 bits per heavy atom. The second-order valence-corrected chi connectivity index (χ2v) is 13.6. The number of benzene rings is 6. The second kappa shape index (κ2) is 10.3. The lowest BCUT2D eigenvalue weighted by Gasteiger charge is -2.20. The van der Waals surface area contributed by atoms with Crippen LogP contribution in [0.2, 0.25) is 0 Å². The number of allylic oxidation sites excluding steroid dienone is 5. The lowest BCUT2D eigenvalue weighted by atomic mass is 9.84. The molecule has 0 amide bonds. The van der Waals surface area contributed by atoms with Crippen LogP contribution in [0, 0.1) is 0 Å². The molecule has 8 aromatic rings. The Morgan fingerprint density at radius 1 is 0.640 bits per heavy atom. The number of nitrogens with zero attached hydrogens (tertiary/aromatic N) is 1. The molecule has 3 nitrogen and oxygen atoms in total. The van der Waals surface area contributed by atoms with Crippen molar-refractivity contribution in [2.45, 2.75) is 19.3 Å². The van der Waals surface area contributed by atoms with Gasteiger partial charge in [-0.2, -0.15) is 0 Å². The van der Waals surface area contributed by atoms with E-state index in [0.29, 0.717) is 12.2 Å². The Kier molecular flexibility index (Phi) is 5.71. The highest BCUT2D eigenvalue weighted by Crippen LogP contribution is 2.50. The van der Waals surface area contributed by atoms with Crippen molar-refractivity contribution in [2.24, 2.45) is 0 Å². The van der Waals surface area contributed by atoms with E-state index >= 15 is 0 Å². The van der Waals surface area contributed by atoms with Crippen LogP contribution in [0.1, 0.15) is 28.7 Å². The molecule has 0 radical (unpaired) electrons. The van der Waals surface area contributed by atoms with Crippen LogP contribution in [0.4, 0.5) is 0 Å². The Balaban J connectivity index is 1.06. The summed E-state index contributed by atoms with van der Waals surface area (Å²) in [5.74, 6) is 1.45. The molecule has 3 aliphatic rings. The average Bonchev–Trinajstić information content (AvgIpc) is 3.82. The molecule has 0 saturated carbocycles. The van der Waals surface area contributed by atoms with Gasteiger partial charge >= 0.3 is 0 Å². The molecule has 0 atom stereocenters. The van der Waals surface area contributed by atoms with Crippen LogP contribution in [0.5, 0.6) is 5.75 Å². The predicted molar refractivity (Wildman–Crippen MR) is 206 cm³/mol. The summed E-state index contributed by atoms with van der Waals surface area (Å²) >= 11 is 0. The van der Waals surface area contributed by atoms with Crippen molar-refractivity contribution >= 4 is 55.0 Å². The summed E-state index contributed by atoms with van der Waals surface area (Å²) in [6, 6.07) is 41.5. The fourth-order valence-electron chi connectivity index (χ4n) is 8.69. The van der Waals surface area contributed by atoms with Gasteiger partial charge in [0.15, 0.2) is 0 Å². The molecule has 3 heteroatoms. The molecular weight excluding hydrogens is 611 g/mol. The number of hydrogen-bond acceptors (Lipinski definition) is 2. The van der Waals surface area contributed by atoms with Crippen LogP contribution in [0.25, 0.3) is 77.3 Å². The SMILES string of the molecule is C=C1/C=C\C(n2c3ccccc3c3c4oc5ccccc5c4ccc32)=C/Cc2cc(-c3ccc4c5c3CCC=C5c3ccccc3-4)ccc2O1. The van der Waals surface area contributed by atoms with Crippen LogP contribution in [-0.2, 0) is 12.8 Å². The Bertz CT molecular complexity index is 2890. The zero-order valence-electron chi connectivity index (χ0n) is 27.4. The average molecular weight is 642 g/mol. The molecule has 3 heterocycles. The highest BCUT2D eigenvalue weighted by Gasteiger charge is 2.29. The molecule has 2 aromatic heterocycles. The number of para-hydroxylation sites is 2. The number of furan rings is 1. The molecule has 0 spiro atoms. The van der Waals surface area contributed by atoms with Gasteiger partial charge in [-0.05, 0) is 118 Å². The minimum Gasteiger partial charge on any atom is -0.458 e. The Morgan fingerprint density at radius 2 is 1.46 bits per heavy atom. The van der Waals surface area contributed by atoms with E-state index in [9.17, 15) is 0 Å². The summed E-state index contributed by atoms with van der Waals surface area (Å²) in [6.45, 7) is 4.28. The maximum Gasteiger partial charge on any atom is 0.145 e. The maximum absolute atomic E-state index is 6.55. The van der Waals surface area contributed by atoms with Gasteiger partial charge in [0.1, 0.15) is 22.7 Å². The molecule has 11 rings (SSSR count). The molecule has 2 aliphatic carbocycles. The van der Waals surface area contributed by atoms with Crippen molar-refractivity contribution in [3.05, 3.63) is 174 Å². The van der Waals surface area contributed by atoms with Crippen LogP contribution in [0.15, 0.2) is 156 Å². The van der Waals surface area contributed by atoms with Gasteiger partial charge < -0.3 is 13.7 Å². The molecule has 6 aromatic carbocycles. The molecule has 0 unspecified atom stereocenters. The highest BCUT2D eigenvalue weighted by atomic mass is 16.5. The first-order valence-electron chi connectivity index (χ1n) is 17.4. The molecule has 50 heavy (non-hydrogen) atoms. The van der Waals surface area contributed by atoms with Crippen LogP contribution >= 0.6 is 0 Å². The molecule has 0 saturated heterocycles. The molecule has 0 fully saturated rings. The van der Waals surface area contributed by atoms with Crippen molar-refractivity contribution in [2.75, 3.05) is 0 Å². The Hall–Kier alpha value is -6.32. The van der Waals surface area contributed by atoms with Crippen LogP contribution in [-0.4, -0.2) is 4.57 Å². The first kappa shape index (κ1) is 27.6.